The Morgan fingerprint density at radius 2 is 1.48 bits per heavy atom. The van der Waals surface area contributed by atoms with Crippen molar-refractivity contribution in [2.75, 3.05) is 7.11 Å². The Morgan fingerprint density at radius 1 is 0.815 bits per heavy atom. The molecule has 0 heterocycles. The van der Waals surface area contributed by atoms with Gasteiger partial charge < -0.3 is 14.2 Å². The van der Waals surface area contributed by atoms with Crippen LogP contribution >= 0.6 is 11.6 Å². The van der Waals surface area contributed by atoms with Crippen molar-refractivity contribution < 1.29 is 19.0 Å². The molecule has 138 valence electrons. The lowest BCUT2D eigenvalue weighted by Gasteiger charge is -2.16. The van der Waals surface area contributed by atoms with Crippen molar-refractivity contribution in [3.05, 3.63) is 88.4 Å². The summed E-state index contributed by atoms with van der Waals surface area (Å²) in [6, 6.07) is 20.2. The molecule has 0 unspecified atom stereocenters. The van der Waals surface area contributed by atoms with Crippen LogP contribution in [0.5, 0.6) is 17.2 Å². The maximum absolute atomic E-state index is 11.5. The van der Waals surface area contributed by atoms with E-state index in [1.807, 2.05) is 42.5 Å². The fourth-order valence-corrected chi connectivity index (χ4v) is 2.83. The van der Waals surface area contributed by atoms with Gasteiger partial charge in [-0.05, 0) is 24.3 Å². The van der Waals surface area contributed by atoms with Crippen molar-refractivity contribution in [3.63, 3.8) is 0 Å². The average molecular weight is 383 g/mol. The molecule has 0 aliphatic heterocycles. The van der Waals surface area contributed by atoms with E-state index < -0.39 is 0 Å². The molecule has 0 spiro atoms. The smallest absolute Gasteiger partial charge is 0.172 e. The van der Waals surface area contributed by atoms with Gasteiger partial charge in [0.1, 0.15) is 19.0 Å². The molecule has 4 nitrogen and oxygen atoms in total. The van der Waals surface area contributed by atoms with Crippen LogP contribution in [0.15, 0.2) is 66.7 Å². The minimum Gasteiger partial charge on any atom is -0.496 e. The van der Waals surface area contributed by atoms with Crippen LogP contribution in [0.2, 0.25) is 5.02 Å². The molecule has 0 N–H and O–H groups in total. The van der Waals surface area contributed by atoms with E-state index in [4.69, 9.17) is 25.8 Å². The van der Waals surface area contributed by atoms with Gasteiger partial charge in [-0.3, -0.25) is 4.79 Å². The van der Waals surface area contributed by atoms with Gasteiger partial charge in [-0.1, -0.05) is 54.1 Å². The molecule has 3 rings (SSSR count). The number of carbonyl (C=O) groups is 1. The van der Waals surface area contributed by atoms with Gasteiger partial charge in [-0.25, -0.2) is 0 Å². The van der Waals surface area contributed by atoms with E-state index in [1.54, 1.807) is 31.4 Å². The topological polar surface area (TPSA) is 44.8 Å². The Hall–Kier alpha value is -2.98. The standard InChI is InChI=1S/C22H19ClO4/c1-25-20-11-5-3-8-18(20)15-27-22-16(13-24)9-6-12-21(22)26-14-17-7-2-4-10-19(17)23/h2-13H,14-15H2,1H3. The molecule has 0 radical (unpaired) electrons. The molecule has 3 aromatic rings. The summed E-state index contributed by atoms with van der Waals surface area (Å²) >= 11 is 6.18. The summed E-state index contributed by atoms with van der Waals surface area (Å²) in [5.74, 6) is 1.60. The van der Waals surface area contributed by atoms with Gasteiger partial charge in [0.15, 0.2) is 17.8 Å². The second-order valence-corrected chi connectivity index (χ2v) is 6.18. The van der Waals surface area contributed by atoms with Gasteiger partial charge in [0.25, 0.3) is 0 Å². The largest absolute Gasteiger partial charge is 0.496 e. The Bertz CT molecular complexity index is 924. The lowest BCUT2D eigenvalue weighted by Crippen LogP contribution is -2.04. The summed E-state index contributed by atoms with van der Waals surface area (Å²) in [6.45, 7) is 0.518. The van der Waals surface area contributed by atoms with Crippen LogP contribution in [-0.4, -0.2) is 13.4 Å². The van der Waals surface area contributed by atoms with Gasteiger partial charge in [0.2, 0.25) is 0 Å². The third kappa shape index (κ3) is 4.60. The molecule has 5 heteroatoms. The number of aldehydes is 1. The second-order valence-electron chi connectivity index (χ2n) is 5.77. The van der Waals surface area contributed by atoms with Gasteiger partial charge in [0.05, 0.1) is 12.7 Å². The van der Waals surface area contributed by atoms with Crippen LogP contribution in [0.4, 0.5) is 0 Å². The lowest BCUT2D eigenvalue weighted by atomic mass is 10.2. The molecule has 0 fully saturated rings. The van der Waals surface area contributed by atoms with Crippen molar-refractivity contribution in [3.8, 4) is 17.2 Å². The minimum atomic E-state index is 0.247. The molecular formula is C22H19ClO4. The summed E-state index contributed by atoms with van der Waals surface area (Å²) in [5, 5.41) is 0.625. The number of benzene rings is 3. The van der Waals surface area contributed by atoms with E-state index in [-0.39, 0.29) is 13.2 Å². The Kier molecular flexibility index (Phi) is 6.34. The van der Waals surface area contributed by atoms with Gasteiger partial charge >= 0.3 is 0 Å². The van der Waals surface area contributed by atoms with Crippen molar-refractivity contribution in [2.24, 2.45) is 0 Å². The minimum absolute atomic E-state index is 0.247. The molecule has 0 aliphatic carbocycles. The normalized spacial score (nSPS) is 10.3. The first-order chi connectivity index (χ1) is 13.2. The summed E-state index contributed by atoms with van der Waals surface area (Å²) in [6.07, 6.45) is 0.750. The molecule has 0 bridgehead atoms. The quantitative estimate of drug-likeness (QED) is 0.494. The van der Waals surface area contributed by atoms with Crippen LogP contribution < -0.4 is 14.2 Å². The number of para-hydroxylation sites is 2. The molecule has 3 aromatic carbocycles. The highest BCUT2D eigenvalue weighted by Gasteiger charge is 2.13. The molecule has 0 saturated carbocycles. The first-order valence-corrected chi connectivity index (χ1v) is 8.80. The van der Waals surface area contributed by atoms with Crippen LogP contribution in [-0.2, 0) is 13.2 Å². The second kappa shape index (κ2) is 9.10. The molecule has 0 amide bonds. The maximum atomic E-state index is 11.5. The number of hydrogen-bond donors (Lipinski definition) is 0. The number of hydrogen-bond acceptors (Lipinski definition) is 4. The Morgan fingerprint density at radius 3 is 2.22 bits per heavy atom. The van der Waals surface area contributed by atoms with Crippen LogP contribution in [0.1, 0.15) is 21.5 Å². The molecule has 0 aliphatic rings. The van der Waals surface area contributed by atoms with Gasteiger partial charge in [-0.15, -0.1) is 0 Å². The average Bonchev–Trinajstić information content (AvgIpc) is 2.72. The van der Waals surface area contributed by atoms with Crippen LogP contribution in [0.3, 0.4) is 0 Å². The number of methoxy groups -OCH3 is 1. The molecule has 0 atom stereocenters. The zero-order valence-electron chi connectivity index (χ0n) is 14.9. The van der Waals surface area contributed by atoms with E-state index in [0.717, 1.165) is 23.2 Å². The SMILES string of the molecule is COc1ccccc1COc1c(C=O)cccc1OCc1ccccc1Cl. The molecule has 0 aromatic heterocycles. The Labute approximate surface area is 163 Å². The van der Waals surface area contributed by atoms with Crippen LogP contribution in [0.25, 0.3) is 0 Å². The Balaban J connectivity index is 1.81. The maximum Gasteiger partial charge on any atom is 0.172 e. The van der Waals surface area contributed by atoms with Crippen molar-refractivity contribution in [1.29, 1.82) is 0 Å². The number of rotatable bonds is 8. The first kappa shape index (κ1) is 18.8. The van der Waals surface area contributed by atoms with Gasteiger partial charge in [0, 0.05) is 16.1 Å². The third-order valence-corrected chi connectivity index (χ3v) is 4.41. The lowest BCUT2D eigenvalue weighted by molar-refractivity contribution is 0.111. The molecule has 27 heavy (non-hydrogen) atoms. The van der Waals surface area contributed by atoms with Crippen molar-refractivity contribution in [2.45, 2.75) is 13.2 Å². The van der Waals surface area contributed by atoms with Crippen molar-refractivity contribution in [1.82, 2.24) is 0 Å². The van der Waals surface area contributed by atoms with E-state index in [9.17, 15) is 4.79 Å². The zero-order chi connectivity index (χ0) is 19.1. The monoisotopic (exact) mass is 382 g/mol. The van der Waals surface area contributed by atoms with E-state index in [2.05, 4.69) is 0 Å². The van der Waals surface area contributed by atoms with Crippen LogP contribution in [0, 0.1) is 0 Å². The summed E-state index contributed by atoms with van der Waals surface area (Å²) in [4.78, 5) is 11.5. The summed E-state index contributed by atoms with van der Waals surface area (Å²) < 4.78 is 17.2. The number of halogens is 1. The van der Waals surface area contributed by atoms with E-state index in [0.29, 0.717) is 22.1 Å². The highest BCUT2D eigenvalue weighted by Crippen LogP contribution is 2.33. The fourth-order valence-electron chi connectivity index (χ4n) is 2.64. The highest BCUT2D eigenvalue weighted by molar-refractivity contribution is 6.31. The van der Waals surface area contributed by atoms with Gasteiger partial charge in [-0.2, -0.15) is 0 Å². The fraction of sp³-hybridized carbons (Fsp3) is 0.136. The predicted octanol–water partition coefficient (Wildman–Crippen LogP) is 5.32. The first-order valence-electron chi connectivity index (χ1n) is 8.42. The van der Waals surface area contributed by atoms with Crippen molar-refractivity contribution >= 4 is 17.9 Å². The predicted molar refractivity (Wildman–Crippen MR) is 105 cm³/mol. The number of ether oxygens (including phenoxy) is 3. The van der Waals surface area contributed by atoms with E-state index >= 15 is 0 Å². The molecule has 0 saturated heterocycles. The third-order valence-electron chi connectivity index (χ3n) is 4.04. The molecular weight excluding hydrogens is 364 g/mol. The summed E-state index contributed by atoms with van der Waals surface area (Å²) in [5.41, 5.74) is 2.14. The summed E-state index contributed by atoms with van der Waals surface area (Å²) in [7, 11) is 1.61. The number of carbonyl (C=O) groups excluding carboxylic acids is 1. The van der Waals surface area contributed by atoms with E-state index in [1.165, 1.54) is 0 Å². The highest BCUT2D eigenvalue weighted by atomic mass is 35.5. The zero-order valence-corrected chi connectivity index (χ0v) is 15.6.